The number of hydrogen-bond acceptors (Lipinski definition) is 5. The van der Waals surface area contributed by atoms with Gasteiger partial charge in [0.1, 0.15) is 23.4 Å². The summed E-state index contributed by atoms with van der Waals surface area (Å²) in [7, 11) is 0. The number of halogens is 2. The summed E-state index contributed by atoms with van der Waals surface area (Å²) in [4.78, 5) is 29.3. The minimum Gasteiger partial charge on any atom is -0.349 e. The van der Waals surface area contributed by atoms with Gasteiger partial charge in [-0.2, -0.15) is 0 Å². The van der Waals surface area contributed by atoms with Crippen molar-refractivity contribution in [3.05, 3.63) is 71.9 Å². The molecule has 0 bridgehead atoms. The van der Waals surface area contributed by atoms with Gasteiger partial charge in [0, 0.05) is 40.8 Å². The van der Waals surface area contributed by atoms with Crippen molar-refractivity contribution in [2.24, 2.45) is 0 Å². The SMILES string of the molecule is C#Cc1cccc2cc(Cl)cc(-c3ncc4c(N5C[C@@H]6[C@H]5CCN6C(=O)C=C)ncnc4c3F)c12. The van der Waals surface area contributed by atoms with Crippen LogP contribution in [0.15, 0.2) is 55.5 Å². The average Bonchev–Trinajstić information content (AvgIpc) is 3.19. The van der Waals surface area contributed by atoms with Crippen molar-refractivity contribution in [1.29, 1.82) is 0 Å². The molecule has 2 atom stereocenters. The summed E-state index contributed by atoms with van der Waals surface area (Å²) >= 11 is 6.36. The number of amides is 1. The first kappa shape index (κ1) is 21.5. The van der Waals surface area contributed by atoms with Crippen molar-refractivity contribution < 1.29 is 9.18 Å². The molecule has 0 unspecified atom stereocenters. The van der Waals surface area contributed by atoms with E-state index in [0.717, 1.165) is 11.8 Å². The summed E-state index contributed by atoms with van der Waals surface area (Å²) in [5.41, 5.74) is 1.44. The molecule has 0 N–H and O–H groups in total. The first-order valence-electron chi connectivity index (χ1n) is 11.2. The summed E-state index contributed by atoms with van der Waals surface area (Å²) < 4.78 is 16.0. The minimum atomic E-state index is -0.562. The summed E-state index contributed by atoms with van der Waals surface area (Å²) in [6.45, 7) is 4.87. The number of carbonyl (C=O) groups is 1. The van der Waals surface area contributed by atoms with Gasteiger partial charge < -0.3 is 9.80 Å². The van der Waals surface area contributed by atoms with Crippen LogP contribution in [0.25, 0.3) is 32.9 Å². The maximum Gasteiger partial charge on any atom is 0.246 e. The van der Waals surface area contributed by atoms with E-state index < -0.39 is 5.82 Å². The number of fused-ring (bicyclic) bond motifs is 3. The van der Waals surface area contributed by atoms with Crippen LogP contribution in [0.4, 0.5) is 10.2 Å². The van der Waals surface area contributed by atoms with Gasteiger partial charge in [-0.25, -0.2) is 14.4 Å². The van der Waals surface area contributed by atoms with Crippen LogP contribution < -0.4 is 4.90 Å². The third-order valence-electron chi connectivity index (χ3n) is 6.98. The van der Waals surface area contributed by atoms with Crippen LogP contribution >= 0.6 is 11.6 Å². The Morgan fingerprint density at radius 3 is 2.91 bits per heavy atom. The Labute approximate surface area is 206 Å². The van der Waals surface area contributed by atoms with Crippen molar-refractivity contribution >= 4 is 45.0 Å². The standard InChI is InChI=1S/C27H19ClFN5O/c1-3-15-6-5-7-16-10-17(28)11-18(23(15)16)25-24(29)26-19(12-30-25)27(32-14-31-26)34-13-21-20(34)8-9-33(21)22(35)4-2/h1,4-7,10-12,14,20-21H,2,8-9,13H2/t20-,21-/m1/s1. The van der Waals surface area contributed by atoms with E-state index in [1.165, 1.54) is 12.4 Å². The lowest BCUT2D eigenvalue weighted by Gasteiger charge is -2.47. The van der Waals surface area contributed by atoms with Crippen LogP contribution in [-0.4, -0.2) is 50.9 Å². The van der Waals surface area contributed by atoms with Gasteiger partial charge in [-0.15, -0.1) is 6.42 Å². The molecule has 2 fully saturated rings. The fraction of sp³-hybridized carbons (Fsp3) is 0.185. The fourth-order valence-electron chi connectivity index (χ4n) is 5.35. The van der Waals surface area contributed by atoms with Crippen molar-refractivity contribution in [3.8, 4) is 23.6 Å². The van der Waals surface area contributed by atoms with Crippen molar-refractivity contribution in [1.82, 2.24) is 19.9 Å². The normalized spacial score (nSPS) is 18.9. The molecule has 2 saturated heterocycles. The molecule has 1 amide bonds. The Hall–Kier alpha value is -4.02. The Balaban J connectivity index is 1.46. The van der Waals surface area contributed by atoms with E-state index in [0.29, 0.717) is 45.8 Å². The molecule has 2 aliphatic rings. The van der Waals surface area contributed by atoms with Gasteiger partial charge in [0.25, 0.3) is 0 Å². The molecular formula is C27H19ClFN5O. The van der Waals surface area contributed by atoms with Gasteiger partial charge in [0.15, 0.2) is 5.82 Å². The van der Waals surface area contributed by atoms with Crippen LogP contribution in [-0.2, 0) is 4.79 Å². The summed E-state index contributed by atoms with van der Waals surface area (Å²) in [6, 6.07) is 9.22. The molecular weight excluding hydrogens is 465 g/mol. The number of aromatic nitrogens is 3. The van der Waals surface area contributed by atoms with E-state index in [1.54, 1.807) is 24.4 Å². The number of nitrogens with zero attached hydrogens (tertiary/aromatic N) is 5. The van der Waals surface area contributed by atoms with Gasteiger partial charge >= 0.3 is 0 Å². The number of likely N-dealkylation sites (tertiary alicyclic amines) is 1. The van der Waals surface area contributed by atoms with Crippen LogP contribution in [0.2, 0.25) is 5.02 Å². The topological polar surface area (TPSA) is 62.2 Å². The van der Waals surface area contributed by atoms with E-state index in [9.17, 15) is 4.79 Å². The van der Waals surface area contributed by atoms with Gasteiger partial charge in [0.05, 0.1) is 17.5 Å². The smallest absolute Gasteiger partial charge is 0.246 e. The number of benzene rings is 2. The lowest BCUT2D eigenvalue weighted by molar-refractivity contribution is -0.127. The van der Waals surface area contributed by atoms with Gasteiger partial charge in [-0.1, -0.05) is 36.2 Å². The second kappa shape index (κ2) is 8.03. The highest BCUT2D eigenvalue weighted by Gasteiger charge is 2.49. The van der Waals surface area contributed by atoms with Gasteiger partial charge in [-0.05, 0) is 36.1 Å². The van der Waals surface area contributed by atoms with Crippen molar-refractivity contribution in [3.63, 3.8) is 0 Å². The molecule has 8 heteroatoms. The third kappa shape index (κ3) is 3.17. The number of rotatable bonds is 3. The number of hydrogen-bond donors (Lipinski definition) is 0. The van der Waals surface area contributed by atoms with Gasteiger partial charge in [-0.3, -0.25) is 9.78 Å². The first-order chi connectivity index (χ1) is 17.0. The molecule has 35 heavy (non-hydrogen) atoms. The van der Waals surface area contributed by atoms with Crippen molar-refractivity contribution in [2.75, 3.05) is 18.0 Å². The highest BCUT2D eigenvalue weighted by Crippen LogP contribution is 2.40. The zero-order valence-corrected chi connectivity index (χ0v) is 19.3. The molecule has 6 nitrogen and oxygen atoms in total. The Morgan fingerprint density at radius 1 is 1.26 bits per heavy atom. The lowest BCUT2D eigenvalue weighted by Crippen LogP contribution is -2.63. The maximum absolute atomic E-state index is 16.0. The molecule has 6 rings (SSSR count). The van der Waals surface area contributed by atoms with E-state index in [1.807, 2.05) is 17.0 Å². The van der Waals surface area contributed by atoms with Crippen LogP contribution in [0.1, 0.15) is 12.0 Å². The number of terminal acetylenes is 1. The highest BCUT2D eigenvalue weighted by molar-refractivity contribution is 6.32. The van der Waals surface area contributed by atoms with E-state index in [-0.39, 0.29) is 29.2 Å². The second-order valence-corrected chi connectivity index (χ2v) is 9.13. The molecule has 0 saturated carbocycles. The van der Waals surface area contributed by atoms with Crippen LogP contribution in [0.5, 0.6) is 0 Å². The zero-order chi connectivity index (χ0) is 24.3. The predicted molar refractivity (Wildman–Crippen MR) is 135 cm³/mol. The zero-order valence-electron chi connectivity index (χ0n) is 18.6. The molecule has 2 aromatic heterocycles. The molecule has 2 aromatic carbocycles. The van der Waals surface area contributed by atoms with E-state index in [2.05, 4.69) is 32.4 Å². The highest BCUT2D eigenvalue weighted by atomic mass is 35.5. The van der Waals surface area contributed by atoms with Gasteiger partial charge in [0.2, 0.25) is 5.91 Å². The molecule has 2 aliphatic heterocycles. The Morgan fingerprint density at radius 2 is 2.11 bits per heavy atom. The average molecular weight is 484 g/mol. The molecule has 0 radical (unpaired) electrons. The monoisotopic (exact) mass is 483 g/mol. The summed E-state index contributed by atoms with van der Waals surface area (Å²) in [6.07, 6.45) is 10.9. The molecule has 172 valence electrons. The number of carbonyl (C=O) groups excluding carboxylic acids is 1. The molecule has 0 spiro atoms. The summed E-state index contributed by atoms with van der Waals surface area (Å²) in [5.74, 6) is 2.66. The Bertz CT molecular complexity index is 1600. The van der Waals surface area contributed by atoms with Crippen molar-refractivity contribution in [2.45, 2.75) is 18.5 Å². The number of anilines is 1. The maximum atomic E-state index is 16.0. The largest absolute Gasteiger partial charge is 0.349 e. The summed E-state index contributed by atoms with van der Waals surface area (Å²) in [5, 5.41) is 2.49. The van der Waals surface area contributed by atoms with E-state index in [4.69, 9.17) is 18.0 Å². The minimum absolute atomic E-state index is 0.0675. The predicted octanol–water partition coefficient (Wildman–Crippen LogP) is 4.59. The third-order valence-corrected chi connectivity index (χ3v) is 7.20. The number of pyridine rings is 1. The fourth-order valence-corrected chi connectivity index (χ4v) is 5.57. The molecule has 4 aromatic rings. The molecule has 4 heterocycles. The quantitative estimate of drug-likeness (QED) is 0.315. The second-order valence-electron chi connectivity index (χ2n) is 8.69. The van der Waals surface area contributed by atoms with E-state index >= 15 is 4.39 Å². The Kier molecular flexibility index (Phi) is 4.94. The van der Waals surface area contributed by atoms with Crippen LogP contribution in [0, 0.1) is 18.2 Å². The van der Waals surface area contributed by atoms with Crippen LogP contribution in [0.3, 0.4) is 0 Å². The first-order valence-corrected chi connectivity index (χ1v) is 11.6. The lowest BCUT2D eigenvalue weighted by atomic mass is 9.95. The molecule has 0 aliphatic carbocycles.